The van der Waals surface area contributed by atoms with Crippen molar-refractivity contribution in [2.45, 2.75) is 19.9 Å². The molecule has 1 amide bonds. The lowest BCUT2D eigenvalue weighted by Crippen LogP contribution is -2.39. The number of primary amides is 1. The van der Waals surface area contributed by atoms with Crippen LogP contribution in [0.15, 0.2) is 12.4 Å². The zero-order valence-corrected chi connectivity index (χ0v) is 8.84. The maximum absolute atomic E-state index is 10.9. The van der Waals surface area contributed by atoms with E-state index < -0.39 is 5.91 Å². The van der Waals surface area contributed by atoms with E-state index in [1.807, 2.05) is 13.8 Å². The molecule has 0 radical (unpaired) electrons. The first kappa shape index (κ1) is 11.2. The summed E-state index contributed by atoms with van der Waals surface area (Å²) < 4.78 is 0. The van der Waals surface area contributed by atoms with E-state index in [4.69, 9.17) is 11.5 Å². The summed E-state index contributed by atoms with van der Waals surface area (Å²) in [6.07, 6.45) is 1.36. The minimum absolute atomic E-state index is 0.117. The molecule has 6 nitrogen and oxygen atoms in total. The van der Waals surface area contributed by atoms with Crippen molar-refractivity contribution < 1.29 is 4.79 Å². The van der Waals surface area contributed by atoms with Crippen molar-refractivity contribution in [3.05, 3.63) is 12.4 Å². The Balaban J connectivity index is 2.93. The minimum Gasteiger partial charge on any atom is -0.384 e. The summed E-state index contributed by atoms with van der Waals surface area (Å²) in [7, 11) is 0. The van der Waals surface area contributed by atoms with Gasteiger partial charge in [-0.05, 0) is 13.8 Å². The van der Waals surface area contributed by atoms with E-state index >= 15 is 0 Å². The summed E-state index contributed by atoms with van der Waals surface area (Å²) in [6, 6.07) is 1.73. The van der Waals surface area contributed by atoms with Crippen LogP contribution in [-0.4, -0.2) is 28.5 Å². The molecule has 82 valence electrons. The number of rotatable bonds is 4. The summed E-state index contributed by atoms with van der Waals surface area (Å²) in [5, 5.41) is 0. The van der Waals surface area contributed by atoms with Crippen molar-refractivity contribution in [2.24, 2.45) is 5.73 Å². The number of nitrogen functional groups attached to an aromatic ring is 1. The Bertz CT molecular complexity index is 352. The largest absolute Gasteiger partial charge is 0.384 e. The molecule has 0 aromatic carbocycles. The van der Waals surface area contributed by atoms with Crippen LogP contribution in [0.5, 0.6) is 0 Å². The molecular formula is C9H15N5O. The van der Waals surface area contributed by atoms with Crippen LogP contribution < -0.4 is 16.4 Å². The average Bonchev–Trinajstić information content (AvgIpc) is 2.13. The normalized spacial score (nSPS) is 10.3. The van der Waals surface area contributed by atoms with E-state index in [1.165, 1.54) is 6.33 Å². The number of carbonyl (C=O) groups is 1. The highest BCUT2D eigenvalue weighted by atomic mass is 16.1. The molecule has 0 aliphatic heterocycles. The number of hydrogen-bond acceptors (Lipinski definition) is 5. The van der Waals surface area contributed by atoms with Crippen molar-refractivity contribution in [1.82, 2.24) is 9.97 Å². The lowest BCUT2D eigenvalue weighted by molar-refractivity contribution is -0.116. The van der Waals surface area contributed by atoms with Gasteiger partial charge in [0.05, 0.1) is 6.54 Å². The molecule has 15 heavy (non-hydrogen) atoms. The van der Waals surface area contributed by atoms with Crippen molar-refractivity contribution in [3.8, 4) is 0 Å². The summed E-state index contributed by atoms with van der Waals surface area (Å²) >= 11 is 0. The number of nitrogens with zero attached hydrogens (tertiary/aromatic N) is 3. The van der Waals surface area contributed by atoms with Gasteiger partial charge in [-0.1, -0.05) is 0 Å². The molecule has 0 saturated heterocycles. The zero-order chi connectivity index (χ0) is 11.4. The topological polar surface area (TPSA) is 98.1 Å². The number of amides is 1. The first-order valence-electron chi connectivity index (χ1n) is 4.63. The van der Waals surface area contributed by atoms with E-state index in [9.17, 15) is 4.79 Å². The second-order valence-electron chi connectivity index (χ2n) is 3.49. The maximum Gasteiger partial charge on any atom is 0.237 e. The lowest BCUT2D eigenvalue weighted by atomic mass is 10.3. The van der Waals surface area contributed by atoms with Crippen LogP contribution >= 0.6 is 0 Å². The standard InChI is InChI=1S/C9H15N5O/c1-6(2)14(4-8(11)15)9-3-7(10)12-5-13-9/h3,5-6H,4H2,1-2H3,(H2,11,15)(H2,10,12,13). The predicted molar refractivity (Wildman–Crippen MR) is 58.1 cm³/mol. The van der Waals surface area contributed by atoms with Gasteiger partial charge in [0.1, 0.15) is 18.0 Å². The molecule has 0 aliphatic carbocycles. The first-order chi connectivity index (χ1) is 7.00. The Morgan fingerprint density at radius 3 is 2.67 bits per heavy atom. The van der Waals surface area contributed by atoms with Crippen LogP contribution in [0.25, 0.3) is 0 Å². The van der Waals surface area contributed by atoms with E-state index in [0.29, 0.717) is 11.6 Å². The van der Waals surface area contributed by atoms with Crippen LogP contribution in [0, 0.1) is 0 Å². The van der Waals surface area contributed by atoms with Gasteiger partial charge < -0.3 is 16.4 Å². The van der Waals surface area contributed by atoms with Gasteiger partial charge in [-0.2, -0.15) is 0 Å². The predicted octanol–water partition coefficient (Wildman–Crippen LogP) is -0.241. The highest BCUT2D eigenvalue weighted by Crippen LogP contribution is 2.14. The van der Waals surface area contributed by atoms with Gasteiger partial charge in [0, 0.05) is 12.1 Å². The maximum atomic E-state index is 10.9. The summed E-state index contributed by atoms with van der Waals surface area (Å²) in [4.78, 5) is 20.5. The lowest BCUT2D eigenvalue weighted by Gasteiger charge is -2.26. The number of nitrogens with two attached hydrogens (primary N) is 2. The molecule has 0 saturated carbocycles. The van der Waals surface area contributed by atoms with Gasteiger partial charge in [0.25, 0.3) is 0 Å². The highest BCUT2D eigenvalue weighted by molar-refractivity contribution is 5.79. The third-order valence-electron chi connectivity index (χ3n) is 1.92. The molecule has 0 fully saturated rings. The molecule has 1 aromatic rings. The van der Waals surface area contributed by atoms with Crippen LogP contribution in [-0.2, 0) is 4.79 Å². The Kier molecular flexibility index (Phi) is 3.43. The smallest absolute Gasteiger partial charge is 0.237 e. The fraction of sp³-hybridized carbons (Fsp3) is 0.444. The summed E-state index contributed by atoms with van der Waals surface area (Å²) in [6.45, 7) is 4.01. The third kappa shape index (κ3) is 3.08. The Labute approximate surface area is 88.3 Å². The summed E-state index contributed by atoms with van der Waals surface area (Å²) in [5.74, 6) is 0.576. The molecule has 0 unspecified atom stereocenters. The number of anilines is 2. The van der Waals surface area contributed by atoms with Gasteiger partial charge in [-0.25, -0.2) is 9.97 Å². The van der Waals surface area contributed by atoms with Crippen molar-refractivity contribution in [3.63, 3.8) is 0 Å². The Hall–Kier alpha value is -1.85. The molecule has 0 aliphatic rings. The fourth-order valence-electron chi connectivity index (χ4n) is 1.21. The molecule has 0 atom stereocenters. The summed E-state index contributed by atoms with van der Waals surface area (Å²) in [5.41, 5.74) is 10.7. The number of hydrogen-bond donors (Lipinski definition) is 2. The van der Waals surface area contributed by atoms with Gasteiger partial charge >= 0.3 is 0 Å². The second kappa shape index (κ2) is 4.59. The van der Waals surface area contributed by atoms with E-state index in [0.717, 1.165) is 0 Å². The monoisotopic (exact) mass is 209 g/mol. The number of carbonyl (C=O) groups excluding carboxylic acids is 1. The molecular weight excluding hydrogens is 194 g/mol. The molecule has 4 N–H and O–H groups in total. The molecule has 0 bridgehead atoms. The van der Waals surface area contributed by atoms with Gasteiger partial charge in [0.2, 0.25) is 5.91 Å². The first-order valence-corrected chi connectivity index (χ1v) is 4.63. The SMILES string of the molecule is CC(C)N(CC(N)=O)c1cc(N)ncn1. The van der Waals surface area contributed by atoms with Crippen molar-refractivity contribution in [1.29, 1.82) is 0 Å². The van der Waals surface area contributed by atoms with Crippen LogP contribution in [0.3, 0.4) is 0 Å². The molecule has 0 spiro atoms. The van der Waals surface area contributed by atoms with Crippen LogP contribution in [0.1, 0.15) is 13.8 Å². The average molecular weight is 209 g/mol. The second-order valence-corrected chi connectivity index (χ2v) is 3.49. The van der Waals surface area contributed by atoms with Crippen molar-refractivity contribution in [2.75, 3.05) is 17.2 Å². The van der Waals surface area contributed by atoms with Crippen LogP contribution in [0.2, 0.25) is 0 Å². The molecule has 6 heteroatoms. The van der Waals surface area contributed by atoms with E-state index in [2.05, 4.69) is 9.97 Å². The third-order valence-corrected chi connectivity index (χ3v) is 1.92. The molecule has 1 heterocycles. The van der Waals surface area contributed by atoms with Gasteiger partial charge in [-0.15, -0.1) is 0 Å². The Morgan fingerprint density at radius 1 is 1.53 bits per heavy atom. The number of aromatic nitrogens is 2. The molecule has 1 rings (SSSR count). The zero-order valence-electron chi connectivity index (χ0n) is 8.84. The van der Waals surface area contributed by atoms with E-state index in [-0.39, 0.29) is 12.6 Å². The van der Waals surface area contributed by atoms with Crippen LogP contribution in [0.4, 0.5) is 11.6 Å². The quantitative estimate of drug-likeness (QED) is 0.713. The minimum atomic E-state index is -0.402. The van der Waals surface area contributed by atoms with E-state index in [1.54, 1.807) is 11.0 Å². The highest BCUT2D eigenvalue weighted by Gasteiger charge is 2.14. The van der Waals surface area contributed by atoms with Gasteiger partial charge in [0.15, 0.2) is 0 Å². The Morgan fingerprint density at radius 2 is 2.20 bits per heavy atom. The molecule has 1 aromatic heterocycles. The fourth-order valence-corrected chi connectivity index (χ4v) is 1.21. The van der Waals surface area contributed by atoms with Crippen molar-refractivity contribution >= 4 is 17.5 Å². The van der Waals surface area contributed by atoms with Gasteiger partial charge in [-0.3, -0.25) is 4.79 Å².